The van der Waals surface area contributed by atoms with Gasteiger partial charge in [-0.1, -0.05) is 18.2 Å². The Balaban J connectivity index is 3.09. The number of nitrogens with two attached hydrogens (primary N) is 1. The van der Waals surface area contributed by atoms with Gasteiger partial charge in [-0.05, 0) is 18.6 Å². The average molecular weight is 195 g/mol. The molecule has 0 fully saturated rings. The van der Waals surface area contributed by atoms with Crippen LogP contribution in [0.2, 0.25) is 0 Å². The molecule has 0 bridgehead atoms. The molecule has 4 nitrogen and oxygen atoms in total. The van der Waals surface area contributed by atoms with Crippen LogP contribution in [0.1, 0.15) is 28.9 Å². The zero-order chi connectivity index (χ0) is 10.6. The molecule has 76 valence electrons. The number of methoxy groups -OCH3 is 1. The minimum Gasteiger partial charge on any atom is -0.465 e. The number of carbonyl (C=O) groups excluding carboxylic acids is 1. The Bertz CT molecular complexity index is 325. The second-order valence-corrected chi connectivity index (χ2v) is 2.86. The fraction of sp³-hybridized carbons (Fsp3) is 0.300. The second-order valence-electron chi connectivity index (χ2n) is 2.86. The summed E-state index contributed by atoms with van der Waals surface area (Å²) in [4.78, 5) is 16.0. The highest BCUT2D eigenvalue weighted by atomic mass is 16.6. The third-order valence-electron chi connectivity index (χ3n) is 2.01. The molecular formula is C10H13NO3. The maximum absolute atomic E-state index is 11.3. The van der Waals surface area contributed by atoms with Crippen LogP contribution in [0.25, 0.3) is 0 Å². The first kappa shape index (κ1) is 10.7. The molecule has 0 heterocycles. The van der Waals surface area contributed by atoms with Crippen molar-refractivity contribution in [3.05, 3.63) is 35.4 Å². The molecule has 1 unspecified atom stereocenters. The quantitative estimate of drug-likeness (QED) is 0.585. The summed E-state index contributed by atoms with van der Waals surface area (Å²) < 4.78 is 4.64. The number of benzene rings is 1. The standard InChI is InChI=1S/C10H13NO3/c1-7(14-11)8-5-3-4-6-9(8)10(12)13-2/h3-7H,11H2,1-2H3. The number of rotatable bonds is 3. The summed E-state index contributed by atoms with van der Waals surface area (Å²) in [6.07, 6.45) is -0.328. The van der Waals surface area contributed by atoms with Gasteiger partial charge >= 0.3 is 5.97 Å². The van der Waals surface area contributed by atoms with Gasteiger partial charge in [-0.25, -0.2) is 10.7 Å². The zero-order valence-corrected chi connectivity index (χ0v) is 8.19. The van der Waals surface area contributed by atoms with Crippen LogP contribution in [0.5, 0.6) is 0 Å². The van der Waals surface area contributed by atoms with Crippen molar-refractivity contribution in [2.24, 2.45) is 5.90 Å². The largest absolute Gasteiger partial charge is 0.465 e. The van der Waals surface area contributed by atoms with E-state index in [2.05, 4.69) is 9.57 Å². The van der Waals surface area contributed by atoms with E-state index in [4.69, 9.17) is 5.90 Å². The summed E-state index contributed by atoms with van der Waals surface area (Å²) in [7, 11) is 1.34. The summed E-state index contributed by atoms with van der Waals surface area (Å²) in [6, 6.07) is 7.04. The molecule has 0 saturated carbocycles. The fourth-order valence-electron chi connectivity index (χ4n) is 1.22. The second kappa shape index (κ2) is 4.74. The van der Waals surface area contributed by atoms with Crippen molar-refractivity contribution in [3.63, 3.8) is 0 Å². The molecule has 1 aromatic rings. The zero-order valence-electron chi connectivity index (χ0n) is 8.19. The van der Waals surface area contributed by atoms with Crippen LogP contribution in [0.4, 0.5) is 0 Å². The minimum atomic E-state index is -0.385. The van der Waals surface area contributed by atoms with Crippen molar-refractivity contribution >= 4 is 5.97 Å². The van der Waals surface area contributed by atoms with Gasteiger partial charge in [0.1, 0.15) is 6.10 Å². The Morgan fingerprint density at radius 3 is 2.64 bits per heavy atom. The third-order valence-corrected chi connectivity index (χ3v) is 2.01. The van der Waals surface area contributed by atoms with Gasteiger partial charge in [0.25, 0.3) is 0 Å². The molecule has 1 rings (SSSR count). The first-order valence-corrected chi connectivity index (χ1v) is 4.23. The first-order valence-electron chi connectivity index (χ1n) is 4.23. The van der Waals surface area contributed by atoms with Crippen molar-refractivity contribution in [2.75, 3.05) is 7.11 Å². The van der Waals surface area contributed by atoms with Gasteiger partial charge in [0, 0.05) is 0 Å². The molecule has 1 atom stereocenters. The highest BCUT2D eigenvalue weighted by Gasteiger charge is 2.15. The number of ether oxygens (including phenoxy) is 1. The van der Waals surface area contributed by atoms with E-state index >= 15 is 0 Å². The molecule has 0 spiro atoms. The van der Waals surface area contributed by atoms with Crippen LogP contribution in [-0.2, 0) is 9.57 Å². The van der Waals surface area contributed by atoms with Crippen molar-refractivity contribution in [3.8, 4) is 0 Å². The predicted octanol–water partition coefficient (Wildman–Crippen LogP) is 1.42. The summed E-state index contributed by atoms with van der Waals surface area (Å²) >= 11 is 0. The maximum Gasteiger partial charge on any atom is 0.338 e. The summed E-state index contributed by atoms with van der Waals surface area (Å²) in [5.74, 6) is 4.68. The molecule has 0 amide bonds. The van der Waals surface area contributed by atoms with Gasteiger partial charge in [-0.3, -0.25) is 4.84 Å². The minimum absolute atomic E-state index is 0.328. The molecule has 0 aliphatic carbocycles. The molecular weight excluding hydrogens is 182 g/mol. The van der Waals surface area contributed by atoms with Crippen molar-refractivity contribution < 1.29 is 14.4 Å². The summed E-state index contributed by atoms with van der Waals surface area (Å²) in [5, 5.41) is 0. The van der Waals surface area contributed by atoms with Gasteiger partial charge < -0.3 is 4.74 Å². The van der Waals surface area contributed by atoms with E-state index in [9.17, 15) is 4.79 Å². The lowest BCUT2D eigenvalue weighted by Gasteiger charge is -2.12. The molecule has 2 N–H and O–H groups in total. The van der Waals surface area contributed by atoms with Crippen LogP contribution in [0.3, 0.4) is 0 Å². The predicted molar refractivity (Wildman–Crippen MR) is 51.5 cm³/mol. The normalized spacial score (nSPS) is 12.2. The molecule has 1 aromatic carbocycles. The Morgan fingerprint density at radius 2 is 2.07 bits per heavy atom. The molecule has 0 aliphatic rings. The topological polar surface area (TPSA) is 61.5 Å². The molecule has 0 saturated heterocycles. The lowest BCUT2D eigenvalue weighted by atomic mass is 10.0. The summed E-state index contributed by atoms with van der Waals surface area (Å²) in [6.45, 7) is 1.77. The maximum atomic E-state index is 11.3. The molecule has 0 aromatic heterocycles. The Morgan fingerprint density at radius 1 is 1.43 bits per heavy atom. The third kappa shape index (κ3) is 2.10. The smallest absolute Gasteiger partial charge is 0.338 e. The SMILES string of the molecule is COC(=O)c1ccccc1C(C)ON. The van der Waals surface area contributed by atoms with Gasteiger partial charge in [-0.15, -0.1) is 0 Å². The number of hydrogen-bond acceptors (Lipinski definition) is 4. The van der Waals surface area contributed by atoms with Crippen molar-refractivity contribution in [1.82, 2.24) is 0 Å². The Kier molecular flexibility index (Phi) is 3.62. The van der Waals surface area contributed by atoms with Crippen molar-refractivity contribution in [2.45, 2.75) is 13.0 Å². The highest BCUT2D eigenvalue weighted by Crippen LogP contribution is 2.19. The number of hydrogen-bond donors (Lipinski definition) is 1. The molecule has 14 heavy (non-hydrogen) atoms. The lowest BCUT2D eigenvalue weighted by Crippen LogP contribution is -2.12. The fourth-order valence-corrected chi connectivity index (χ4v) is 1.22. The van der Waals surface area contributed by atoms with E-state index in [0.29, 0.717) is 5.56 Å². The van der Waals surface area contributed by atoms with Crippen LogP contribution in [0.15, 0.2) is 24.3 Å². The lowest BCUT2D eigenvalue weighted by molar-refractivity contribution is 0.0546. The van der Waals surface area contributed by atoms with Gasteiger partial charge in [0.15, 0.2) is 0 Å². The van der Waals surface area contributed by atoms with Gasteiger partial charge in [0.05, 0.1) is 12.7 Å². The van der Waals surface area contributed by atoms with E-state index in [1.165, 1.54) is 7.11 Å². The summed E-state index contributed by atoms with van der Waals surface area (Å²) in [5.41, 5.74) is 1.20. The molecule has 0 aliphatic heterocycles. The van der Waals surface area contributed by atoms with Gasteiger partial charge in [0.2, 0.25) is 0 Å². The monoisotopic (exact) mass is 195 g/mol. The van der Waals surface area contributed by atoms with E-state index < -0.39 is 0 Å². The van der Waals surface area contributed by atoms with Crippen LogP contribution >= 0.6 is 0 Å². The molecule has 4 heteroatoms. The Labute approximate surface area is 82.6 Å². The van der Waals surface area contributed by atoms with Crippen LogP contribution < -0.4 is 5.90 Å². The Hall–Kier alpha value is -1.39. The first-order chi connectivity index (χ1) is 6.70. The van der Waals surface area contributed by atoms with E-state index in [0.717, 1.165) is 5.56 Å². The average Bonchev–Trinajstić information content (AvgIpc) is 2.27. The van der Waals surface area contributed by atoms with E-state index in [1.54, 1.807) is 25.1 Å². The highest BCUT2D eigenvalue weighted by molar-refractivity contribution is 5.91. The van der Waals surface area contributed by atoms with Gasteiger partial charge in [-0.2, -0.15) is 0 Å². The number of esters is 1. The molecule has 0 radical (unpaired) electrons. The number of carbonyl (C=O) groups is 1. The van der Waals surface area contributed by atoms with Crippen LogP contribution in [-0.4, -0.2) is 13.1 Å². The van der Waals surface area contributed by atoms with Crippen LogP contribution in [0, 0.1) is 0 Å². The van der Waals surface area contributed by atoms with E-state index in [-0.39, 0.29) is 12.1 Å². The van der Waals surface area contributed by atoms with E-state index in [1.807, 2.05) is 6.07 Å². The van der Waals surface area contributed by atoms with Crippen molar-refractivity contribution in [1.29, 1.82) is 0 Å².